The Balaban J connectivity index is 1.82. The van der Waals surface area contributed by atoms with Crippen LogP contribution in [-0.4, -0.2) is 46.3 Å². The molecule has 0 atom stereocenters. The molecule has 1 aliphatic rings. The molecule has 1 fully saturated rings. The number of fused-ring (bicyclic) bond motifs is 1. The van der Waals surface area contributed by atoms with Gasteiger partial charge in [-0.05, 0) is 36.6 Å². The summed E-state index contributed by atoms with van der Waals surface area (Å²) in [7, 11) is -1.77. The van der Waals surface area contributed by atoms with Gasteiger partial charge in [0.05, 0.1) is 0 Å². The van der Waals surface area contributed by atoms with Gasteiger partial charge in [0.25, 0.3) is 0 Å². The molecule has 9 heteroatoms. The van der Waals surface area contributed by atoms with Crippen molar-refractivity contribution in [1.82, 2.24) is 18.8 Å². The Bertz CT molecular complexity index is 1160. The molecule has 0 aliphatic carbocycles. The van der Waals surface area contributed by atoms with Gasteiger partial charge >= 0.3 is 0 Å². The van der Waals surface area contributed by atoms with Gasteiger partial charge in [-0.15, -0.1) is 0 Å². The zero-order chi connectivity index (χ0) is 19.9. The molecule has 0 aromatic carbocycles. The van der Waals surface area contributed by atoms with Gasteiger partial charge in [0.1, 0.15) is 16.4 Å². The number of carbonyl (C=O) groups is 1. The molecule has 4 rings (SSSR count). The number of anilines is 1. The first-order chi connectivity index (χ1) is 13.4. The summed E-state index contributed by atoms with van der Waals surface area (Å²) in [6.45, 7) is 2.52. The predicted molar refractivity (Wildman–Crippen MR) is 106 cm³/mol. The fourth-order valence-corrected chi connectivity index (χ4v) is 5.25. The van der Waals surface area contributed by atoms with Crippen molar-refractivity contribution in [2.45, 2.75) is 24.7 Å². The lowest BCUT2D eigenvalue weighted by Gasteiger charge is -2.14. The SMILES string of the molecule is CC(=O)Nc1cc(-c2cnc3c(c2)c(S(=O)(=O)N2CCCC2)cn3C)ccn1. The molecule has 1 aliphatic heterocycles. The average molecular weight is 399 g/mol. The Morgan fingerprint density at radius 2 is 1.89 bits per heavy atom. The van der Waals surface area contributed by atoms with Crippen molar-refractivity contribution in [3.05, 3.63) is 36.8 Å². The highest BCUT2D eigenvalue weighted by Crippen LogP contribution is 2.31. The van der Waals surface area contributed by atoms with Crippen molar-refractivity contribution in [2.24, 2.45) is 7.05 Å². The molecular formula is C19H21N5O3S. The van der Waals surface area contributed by atoms with Crippen LogP contribution in [0.15, 0.2) is 41.7 Å². The summed E-state index contributed by atoms with van der Waals surface area (Å²) in [6, 6.07) is 5.37. The van der Waals surface area contributed by atoms with Crippen LogP contribution in [0.5, 0.6) is 0 Å². The highest BCUT2D eigenvalue weighted by molar-refractivity contribution is 7.89. The molecule has 0 spiro atoms. The largest absolute Gasteiger partial charge is 0.334 e. The van der Waals surface area contributed by atoms with Crippen LogP contribution in [0.25, 0.3) is 22.2 Å². The fraction of sp³-hybridized carbons (Fsp3) is 0.316. The smallest absolute Gasteiger partial charge is 0.245 e. The Morgan fingerprint density at radius 1 is 1.14 bits per heavy atom. The summed E-state index contributed by atoms with van der Waals surface area (Å²) in [4.78, 5) is 20.2. The lowest BCUT2D eigenvalue weighted by atomic mass is 10.1. The molecule has 1 saturated heterocycles. The second-order valence-corrected chi connectivity index (χ2v) is 8.83. The van der Waals surface area contributed by atoms with E-state index in [-0.39, 0.29) is 10.8 Å². The van der Waals surface area contributed by atoms with Gasteiger partial charge < -0.3 is 9.88 Å². The van der Waals surface area contributed by atoms with E-state index in [1.54, 1.807) is 42.3 Å². The number of amides is 1. The third-order valence-corrected chi connectivity index (χ3v) is 6.78. The minimum absolute atomic E-state index is 0.208. The van der Waals surface area contributed by atoms with Crippen molar-refractivity contribution < 1.29 is 13.2 Å². The van der Waals surface area contributed by atoms with Crippen LogP contribution < -0.4 is 5.32 Å². The number of rotatable bonds is 4. The molecule has 0 unspecified atom stereocenters. The number of carbonyl (C=O) groups excluding carboxylic acids is 1. The minimum Gasteiger partial charge on any atom is -0.334 e. The Hall–Kier alpha value is -2.78. The van der Waals surface area contributed by atoms with Gasteiger partial charge in [-0.25, -0.2) is 18.4 Å². The summed E-state index contributed by atoms with van der Waals surface area (Å²) < 4.78 is 29.5. The normalized spacial score (nSPS) is 15.2. The average Bonchev–Trinajstić information content (AvgIpc) is 3.30. The van der Waals surface area contributed by atoms with Crippen LogP contribution in [-0.2, 0) is 21.9 Å². The number of hydrogen-bond donors (Lipinski definition) is 1. The number of nitrogens with zero attached hydrogens (tertiary/aromatic N) is 4. The Labute approximate surface area is 163 Å². The maximum absolute atomic E-state index is 13.1. The number of sulfonamides is 1. The van der Waals surface area contributed by atoms with Crippen LogP contribution in [0.4, 0.5) is 5.82 Å². The third kappa shape index (κ3) is 3.27. The van der Waals surface area contributed by atoms with Crippen molar-refractivity contribution in [1.29, 1.82) is 0 Å². The third-order valence-electron chi connectivity index (χ3n) is 4.86. The first-order valence-electron chi connectivity index (χ1n) is 9.05. The van der Waals surface area contributed by atoms with E-state index < -0.39 is 10.0 Å². The lowest BCUT2D eigenvalue weighted by Crippen LogP contribution is -2.27. The van der Waals surface area contributed by atoms with Crippen LogP contribution in [0.1, 0.15) is 19.8 Å². The summed E-state index contributed by atoms with van der Waals surface area (Å²) in [5.41, 5.74) is 2.16. The highest BCUT2D eigenvalue weighted by atomic mass is 32.2. The van der Waals surface area contributed by atoms with Crippen molar-refractivity contribution in [3.8, 4) is 11.1 Å². The Kier molecular flexibility index (Phi) is 4.64. The summed E-state index contributed by atoms with van der Waals surface area (Å²) in [6.07, 6.45) is 6.69. The summed E-state index contributed by atoms with van der Waals surface area (Å²) >= 11 is 0. The van der Waals surface area contributed by atoms with E-state index >= 15 is 0 Å². The van der Waals surface area contributed by atoms with Gasteiger partial charge in [-0.2, -0.15) is 4.31 Å². The maximum atomic E-state index is 13.1. The quantitative estimate of drug-likeness (QED) is 0.726. The molecule has 146 valence electrons. The van der Waals surface area contributed by atoms with E-state index in [1.165, 1.54) is 11.2 Å². The zero-order valence-corrected chi connectivity index (χ0v) is 16.5. The predicted octanol–water partition coefficient (Wildman–Crippen LogP) is 2.38. The molecule has 0 bridgehead atoms. The number of hydrogen-bond acceptors (Lipinski definition) is 5. The van der Waals surface area contributed by atoms with E-state index in [4.69, 9.17) is 0 Å². The maximum Gasteiger partial charge on any atom is 0.245 e. The molecule has 3 aromatic heterocycles. The molecule has 4 heterocycles. The van der Waals surface area contributed by atoms with Gasteiger partial charge in [0, 0.05) is 56.6 Å². The number of nitrogens with one attached hydrogen (secondary N) is 1. The number of aryl methyl sites for hydroxylation is 1. The Morgan fingerprint density at radius 3 is 2.61 bits per heavy atom. The molecule has 8 nitrogen and oxygen atoms in total. The van der Waals surface area contributed by atoms with E-state index in [2.05, 4.69) is 15.3 Å². The summed E-state index contributed by atoms with van der Waals surface area (Å²) in [5, 5.41) is 3.24. The standard InChI is InChI=1S/C19H21N5O3S/c1-13(25)22-18-10-14(5-6-20-18)15-9-16-17(12-23(2)19(16)21-11-15)28(26,27)24-7-3-4-8-24/h5-6,9-12H,3-4,7-8H2,1-2H3,(H,20,22,25). The second kappa shape index (κ2) is 6.99. The molecule has 28 heavy (non-hydrogen) atoms. The van der Waals surface area contributed by atoms with E-state index in [0.29, 0.717) is 29.9 Å². The lowest BCUT2D eigenvalue weighted by molar-refractivity contribution is -0.114. The first-order valence-corrected chi connectivity index (χ1v) is 10.5. The molecule has 1 amide bonds. The number of pyridine rings is 2. The van der Waals surface area contributed by atoms with Crippen molar-refractivity contribution >= 4 is 32.8 Å². The van der Waals surface area contributed by atoms with E-state index in [9.17, 15) is 13.2 Å². The molecule has 1 N–H and O–H groups in total. The topological polar surface area (TPSA) is 97.2 Å². The van der Waals surface area contributed by atoms with E-state index in [1.807, 2.05) is 6.07 Å². The van der Waals surface area contributed by atoms with Gasteiger partial charge in [0.2, 0.25) is 15.9 Å². The van der Waals surface area contributed by atoms with Crippen molar-refractivity contribution in [3.63, 3.8) is 0 Å². The molecule has 0 saturated carbocycles. The van der Waals surface area contributed by atoms with Gasteiger partial charge in [0.15, 0.2) is 0 Å². The fourth-order valence-electron chi connectivity index (χ4n) is 3.52. The number of aromatic nitrogens is 3. The molecule has 0 radical (unpaired) electrons. The minimum atomic E-state index is -3.56. The first kappa shape index (κ1) is 18.6. The van der Waals surface area contributed by atoms with Crippen LogP contribution in [0.2, 0.25) is 0 Å². The second-order valence-electron chi connectivity index (χ2n) is 6.92. The van der Waals surface area contributed by atoms with Crippen molar-refractivity contribution in [2.75, 3.05) is 18.4 Å². The van der Waals surface area contributed by atoms with Crippen LogP contribution in [0, 0.1) is 0 Å². The molecule has 3 aromatic rings. The monoisotopic (exact) mass is 399 g/mol. The van der Waals surface area contributed by atoms with Crippen LogP contribution in [0.3, 0.4) is 0 Å². The van der Waals surface area contributed by atoms with Crippen LogP contribution >= 0.6 is 0 Å². The molecular weight excluding hydrogens is 378 g/mol. The van der Waals surface area contributed by atoms with Gasteiger partial charge in [-0.1, -0.05) is 0 Å². The summed E-state index contributed by atoms with van der Waals surface area (Å²) in [5.74, 6) is 0.225. The highest BCUT2D eigenvalue weighted by Gasteiger charge is 2.30. The van der Waals surface area contributed by atoms with E-state index in [0.717, 1.165) is 24.0 Å². The van der Waals surface area contributed by atoms with Gasteiger partial charge in [-0.3, -0.25) is 4.79 Å². The zero-order valence-electron chi connectivity index (χ0n) is 15.7.